The Morgan fingerprint density at radius 2 is 1.83 bits per heavy atom. The summed E-state index contributed by atoms with van der Waals surface area (Å²) >= 11 is 0. The molecule has 0 aliphatic heterocycles. The molecule has 2 aromatic rings. The lowest BCUT2D eigenvalue weighted by molar-refractivity contribution is -0.000912. The van der Waals surface area contributed by atoms with Crippen molar-refractivity contribution in [1.82, 2.24) is 0 Å². The smallest absolute Gasteiger partial charge is 0.0879 e. The summed E-state index contributed by atoms with van der Waals surface area (Å²) in [4.78, 5) is 0. The van der Waals surface area contributed by atoms with E-state index in [1.54, 1.807) is 0 Å². The first kappa shape index (κ1) is 17.7. The maximum Gasteiger partial charge on any atom is 0.0879 e. The minimum Gasteiger partial charge on any atom is -0.376 e. The Kier molecular flexibility index (Phi) is 5.97. The molecule has 0 unspecified atom stereocenters. The molecule has 2 heteroatoms. The van der Waals surface area contributed by atoms with Crippen molar-refractivity contribution in [3.05, 3.63) is 66.2 Å². The lowest BCUT2D eigenvalue weighted by Crippen LogP contribution is -2.31. The fourth-order valence-electron chi connectivity index (χ4n) is 2.61. The Balaban J connectivity index is 2.11. The topological polar surface area (TPSA) is 9.23 Å². The van der Waals surface area contributed by atoms with Gasteiger partial charge in [-0.3, -0.25) is 0 Å². The zero-order chi connectivity index (χ0) is 16.9. The first-order valence-electron chi connectivity index (χ1n) is 8.31. The Bertz CT molecular complexity index is 668. The lowest BCUT2D eigenvalue weighted by atomic mass is 10.1. The van der Waals surface area contributed by atoms with Crippen molar-refractivity contribution in [1.29, 1.82) is 0 Å². The zero-order valence-corrected chi connectivity index (χ0v) is 16.3. The molecule has 0 fully saturated rings. The van der Waals surface area contributed by atoms with Crippen LogP contribution in [0.1, 0.15) is 38.8 Å². The largest absolute Gasteiger partial charge is 0.376 e. The van der Waals surface area contributed by atoms with Crippen molar-refractivity contribution in [2.24, 2.45) is 0 Å². The predicted molar refractivity (Wildman–Crippen MR) is 105 cm³/mol. The highest BCUT2D eigenvalue weighted by Gasteiger charge is 2.11. The van der Waals surface area contributed by atoms with Gasteiger partial charge in [0.25, 0.3) is 0 Å². The van der Waals surface area contributed by atoms with Crippen LogP contribution in [0.2, 0.25) is 0 Å². The van der Waals surface area contributed by atoms with Crippen LogP contribution in [0.15, 0.2) is 55.1 Å². The molecule has 0 aromatic heterocycles. The van der Waals surface area contributed by atoms with Crippen LogP contribution in [-0.2, 0) is 11.2 Å². The Morgan fingerprint density at radius 1 is 1.09 bits per heavy atom. The van der Waals surface area contributed by atoms with Crippen LogP contribution in [0, 0.1) is 0 Å². The first-order chi connectivity index (χ1) is 10.8. The van der Waals surface area contributed by atoms with Crippen LogP contribution in [0.25, 0.3) is 5.57 Å². The molecule has 0 radical (unpaired) electrons. The minimum atomic E-state index is -0.475. The Hall–Kier alpha value is -1.64. The lowest BCUT2D eigenvalue weighted by Gasteiger charge is -2.20. The molecule has 0 heterocycles. The summed E-state index contributed by atoms with van der Waals surface area (Å²) in [6, 6.07) is 17.7. The fraction of sp³-hybridized carbons (Fsp3) is 0.333. The molecule has 0 N–H and O–H groups in total. The summed E-state index contributed by atoms with van der Waals surface area (Å²) in [5.74, 6) is 0. The number of hydrogen-bond acceptors (Lipinski definition) is 1. The van der Waals surface area contributed by atoms with Gasteiger partial charge in [-0.25, -0.2) is 0 Å². The highest BCUT2D eigenvalue weighted by Crippen LogP contribution is 2.09. The van der Waals surface area contributed by atoms with E-state index in [2.05, 4.69) is 82.8 Å². The molecule has 0 bridgehead atoms. The predicted octanol–water partition coefficient (Wildman–Crippen LogP) is 3.20. The standard InChI is InChI=1S/C21H28OSi/c1-16(2)18-10-8-11-19(15-18)23-20-12-7-6-9-17(20)13-14-22-21(3,4)5/h6-12,15H,1,13-14,23H2,2-5H3. The van der Waals surface area contributed by atoms with E-state index in [1.807, 2.05) is 0 Å². The number of ether oxygens (including phenoxy) is 1. The van der Waals surface area contributed by atoms with E-state index in [0.29, 0.717) is 0 Å². The van der Waals surface area contributed by atoms with Crippen LogP contribution < -0.4 is 10.4 Å². The van der Waals surface area contributed by atoms with Gasteiger partial charge in [-0.05, 0) is 45.2 Å². The Labute approximate surface area is 143 Å². The quantitative estimate of drug-likeness (QED) is 0.742. The molecule has 122 valence electrons. The number of rotatable bonds is 6. The molecular weight excluding hydrogens is 296 g/mol. The average Bonchev–Trinajstić information content (AvgIpc) is 2.48. The molecule has 0 aliphatic rings. The molecule has 1 nitrogen and oxygen atoms in total. The molecule has 0 saturated carbocycles. The van der Waals surface area contributed by atoms with Crippen molar-refractivity contribution in [3.8, 4) is 0 Å². The molecule has 23 heavy (non-hydrogen) atoms. The molecule has 0 atom stereocenters. The highest BCUT2D eigenvalue weighted by molar-refractivity contribution is 6.67. The SMILES string of the molecule is C=C(C)c1cccc([SiH2]c2ccccc2CCOC(C)(C)C)c1. The summed E-state index contributed by atoms with van der Waals surface area (Å²) in [6.45, 7) is 13.2. The van der Waals surface area contributed by atoms with Gasteiger partial charge in [0, 0.05) is 0 Å². The van der Waals surface area contributed by atoms with Gasteiger partial charge >= 0.3 is 0 Å². The van der Waals surface area contributed by atoms with E-state index in [1.165, 1.54) is 21.5 Å². The third kappa shape index (κ3) is 5.81. The second-order valence-corrected chi connectivity index (χ2v) is 9.07. The van der Waals surface area contributed by atoms with Gasteiger partial charge in [0.05, 0.1) is 21.7 Å². The zero-order valence-electron chi connectivity index (χ0n) is 14.9. The number of benzene rings is 2. The molecule has 2 rings (SSSR count). The molecule has 0 aliphatic carbocycles. The van der Waals surface area contributed by atoms with Crippen LogP contribution >= 0.6 is 0 Å². The van der Waals surface area contributed by atoms with Crippen molar-refractivity contribution in [3.63, 3.8) is 0 Å². The third-order valence-electron chi connectivity index (χ3n) is 3.84. The summed E-state index contributed by atoms with van der Waals surface area (Å²) < 4.78 is 5.89. The summed E-state index contributed by atoms with van der Waals surface area (Å²) in [7, 11) is -0.475. The normalized spacial score (nSPS) is 12.0. The number of allylic oxidation sites excluding steroid dienone is 1. The van der Waals surface area contributed by atoms with Gasteiger partial charge in [-0.1, -0.05) is 71.1 Å². The maximum absolute atomic E-state index is 5.89. The summed E-state index contributed by atoms with van der Waals surface area (Å²) in [6.07, 6.45) is 0.987. The van der Waals surface area contributed by atoms with Gasteiger partial charge in [0.2, 0.25) is 0 Å². The molecule has 0 saturated heterocycles. The van der Waals surface area contributed by atoms with E-state index in [4.69, 9.17) is 4.74 Å². The highest BCUT2D eigenvalue weighted by atomic mass is 28.2. The monoisotopic (exact) mass is 324 g/mol. The van der Waals surface area contributed by atoms with Crippen LogP contribution in [0.3, 0.4) is 0 Å². The number of hydrogen-bond donors (Lipinski definition) is 0. The van der Waals surface area contributed by atoms with E-state index < -0.39 is 9.52 Å². The van der Waals surface area contributed by atoms with Gasteiger partial charge < -0.3 is 4.74 Å². The molecular formula is C21H28OSi. The van der Waals surface area contributed by atoms with E-state index in [9.17, 15) is 0 Å². The van der Waals surface area contributed by atoms with Crippen LogP contribution in [-0.4, -0.2) is 21.7 Å². The summed E-state index contributed by atoms with van der Waals surface area (Å²) in [5, 5.41) is 2.98. The fourth-order valence-corrected chi connectivity index (χ4v) is 4.40. The van der Waals surface area contributed by atoms with E-state index in [-0.39, 0.29) is 5.60 Å². The van der Waals surface area contributed by atoms with E-state index >= 15 is 0 Å². The van der Waals surface area contributed by atoms with Crippen LogP contribution in [0.5, 0.6) is 0 Å². The second kappa shape index (κ2) is 7.76. The molecule has 2 aromatic carbocycles. The molecule has 0 spiro atoms. The minimum absolute atomic E-state index is 0.0673. The van der Waals surface area contributed by atoms with Crippen molar-refractivity contribution < 1.29 is 4.74 Å². The first-order valence-corrected chi connectivity index (χ1v) is 9.72. The van der Waals surface area contributed by atoms with Crippen molar-refractivity contribution >= 4 is 25.5 Å². The maximum atomic E-state index is 5.89. The van der Waals surface area contributed by atoms with Gasteiger partial charge in [0.1, 0.15) is 0 Å². The second-order valence-electron chi connectivity index (χ2n) is 7.14. The van der Waals surface area contributed by atoms with E-state index in [0.717, 1.165) is 18.6 Å². The molecule has 0 amide bonds. The third-order valence-corrected chi connectivity index (χ3v) is 5.76. The van der Waals surface area contributed by atoms with Crippen molar-refractivity contribution in [2.45, 2.75) is 39.7 Å². The van der Waals surface area contributed by atoms with Gasteiger partial charge in [-0.2, -0.15) is 0 Å². The van der Waals surface area contributed by atoms with Gasteiger partial charge in [-0.15, -0.1) is 0 Å². The average molecular weight is 325 g/mol. The van der Waals surface area contributed by atoms with Crippen molar-refractivity contribution in [2.75, 3.05) is 6.61 Å². The Morgan fingerprint density at radius 3 is 2.52 bits per heavy atom. The van der Waals surface area contributed by atoms with Crippen LogP contribution in [0.4, 0.5) is 0 Å². The summed E-state index contributed by atoms with van der Waals surface area (Å²) in [5.41, 5.74) is 3.75. The van der Waals surface area contributed by atoms with Gasteiger partial charge in [0.15, 0.2) is 0 Å².